The number of nitrogens with one attached hydrogen (secondary N) is 1. The predicted molar refractivity (Wildman–Crippen MR) is 109 cm³/mol. The molecular formula is C20H28N2O7S. The fraction of sp³-hybridized carbons (Fsp3) is 0.550. The van der Waals surface area contributed by atoms with Crippen molar-refractivity contribution in [2.75, 3.05) is 13.2 Å². The van der Waals surface area contributed by atoms with Crippen molar-refractivity contribution in [3.8, 4) is 0 Å². The summed E-state index contributed by atoms with van der Waals surface area (Å²) in [5, 5.41) is 9.19. The highest BCUT2D eigenvalue weighted by Gasteiger charge is 2.40. The lowest BCUT2D eigenvalue weighted by molar-refractivity contribution is -0.155. The van der Waals surface area contributed by atoms with Crippen LogP contribution in [0.15, 0.2) is 30.3 Å². The van der Waals surface area contributed by atoms with E-state index in [1.54, 1.807) is 30.3 Å². The van der Waals surface area contributed by atoms with Crippen molar-refractivity contribution in [1.82, 2.24) is 9.62 Å². The van der Waals surface area contributed by atoms with Crippen molar-refractivity contribution in [3.05, 3.63) is 35.9 Å². The SMILES string of the molecule is CC(C)COC(=O)[C@@H]1CCCN1C(=O)[C@@H](CC(=O)O)NS(=O)(=O)Cc1ccccc1. The molecule has 1 amide bonds. The number of ether oxygens (including phenoxy) is 1. The second kappa shape index (κ2) is 10.5. The molecule has 1 aromatic rings. The maximum Gasteiger partial charge on any atom is 0.328 e. The molecule has 1 aliphatic rings. The molecule has 2 N–H and O–H groups in total. The summed E-state index contributed by atoms with van der Waals surface area (Å²) in [6.07, 6.45) is 0.208. The summed E-state index contributed by atoms with van der Waals surface area (Å²) in [4.78, 5) is 37.8. The highest BCUT2D eigenvalue weighted by Crippen LogP contribution is 2.21. The lowest BCUT2D eigenvalue weighted by Gasteiger charge is -2.27. The maximum atomic E-state index is 13.0. The number of carboxylic acids is 1. The zero-order chi connectivity index (χ0) is 22.3. The summed E-state index contributed by atoms with van der Waals surface area (Å²) in [7, 11) is -3.99. The van der Waals surface area contributed by atoms with Crippen LogP contribution in [0.25, 0.3) is 0 Å². The minimum absolute atomic E-state index is 0.129. The number of nitrogens with zero attached hydrogens (tertiary/aromatic N) is 1. The zero-order valence-electron chi connectivity index (χ0n) is 17.1. The number of sulfonamides is 1. The average Bonchev–Trinajstić information content (AvgIpc) is 3.14. The highest BCUT2D eigenvalue weighted by atomic mass is 32.2. The van der Waals surface area contributed by atoms with E-state index in [4.69, 9.17) is 4.74 Å². The van der Waals surface area contributed by atoms with E-state index in [0.717, 1.165) is 0 Å². The second-order valence-corrected chi connectivity index (χ2v) is 9.48. The molecule has 0 spiro atoms. The lowest BCUT2D eigenvalue weighted by Crippen LogP contribution is -2.52. The van der Waals surface area contributed by atoms with E-state index in [9.17, 15) is 27.9 Å². The topological polar surface area (TPSA) is 130 Å². The summed E-state index contributed by atoms with van der Waals surface area (Å²) in [5.74, 6) is -2.89. The van der Waals surface area contributed by atoms with E-state index in [0.29, 0.717) is 18.4 Å². The Kier molecular flexibility index (Phi) is 8.36. The van der Waals surface area contributed by atoms with Crippen molar-refractivity contribution in [3.63, 3.8) is 0 Å². The van der Waals surface area contributed by atoms with Gasteiger partial charge in [0.05, 0.1) is 18.8 Å². The van der Waals surface area contributed by atoms with Crippen molar-refractivity contribution in [1.29, 1.82) is 0 Å². The summed E-state index contributed by atoms with van der Waals surface area (Å²) in [6, 6.07) is 6.00. The van der Waals surface area contributed by atoms with E-state index in [1.165, 1.54) is 4.90 Å². The molecule has 2 rings (SSSR count). The van der Waals surface area contributed by atoms with Gasteiger partial charge in [0, 0.05) is 6.54 Å². The van der Waals surface area contributed by atoms with Crippen LogP contribution in [0.2, 0.25) is 0 Å². The Hall–Kier alpha value is -2.46. The quantitative estimate of drug-likeness (QED) is 0.522. The van der Waals surface area contributed by atoms with Crippen LogP contribution in [0.3, 0.4) is 0 Å². The molecule has 0 unspecified atom stereocenters. The van der Waals surface area contributed by atoms with Gasteiger partial charge in [0.25, 0.3) is 0 Å². The first-order valence-corrected chi connectivity index (χ1v) is 11.5. The smallest absolute Gasteiger partial charge is 0.328 e. The Balaban J connectivity index is 2.14. The Bertz CT molecular complexity index is 855. The molecule has 30 heavy (non-hydrogen) atoms. The Morgan fingerprint density at radius 2 is 1.90 bits per heavy atom. The van der Waals surface area contributed by atoms with Crippen LogP contribution >= 0.6 is 0 Å². The Labute approximate surface area is 176 Å². The first-order valence-electron chi connectivity index (χ1n) is 9.82. The number of carboxylic acid groups (broad SMARTS) is 1. The van der Waals surface area contributed by atoms with Gasteiger partial charge in [-0.3, -0.25) is 9.59 Å². The van der Waals surface area contributed by atoms with Crippen LogP contribution in [0.5, 0.6) is 0 Å². The molecule has 9 nitrogen and oxygen atoms in total. The molecule has 1 heterocycles. The minimum atomic E-state index is -3.99. The van der Waals surface area contributed by atoms with Gasteiger partial charge in [-0.2, -0.15) is 0 Å². The average molecular weight is 441 g/mol. The van der Waals surface area contributed by atoms with Gasteiger partial charge < -0.3 is 14.7 Å². The highest BCUT2D eigenvalue weighted by molar-refractivity contribution is 7.88. The number of hydrogen-bond donors (Lipinski definition) is 2. The minimum Gasteiger partial charge on any atom is -0.481 e. The molecule has 0 aliphatic carbocycles. The summed E-state index contributed by atoms with van der Waals surface area (Å²) >= 11 is 0. The molecular weight excluding hydrogens is 412 g/mol. The number of esters is 1. The fourth-order valence-electron chi connectivity index (χ4n) is 3.23. The maximum absolute atomic E-state index is 13.0. The molecule has 2 atom stereocenters. The monoisotopic (exact) mass is 440 g/mol. The number of benzene rings is 1. The molecule has 1 fully saturated rings. The molecule has 1 saturated heterocycles. The van der Waals surface area contributed by atoms with E-state index in [2.05, 4.69) is 4.72 Å². The first-order chi connectivity index (χ1) is 14.1. The standard InChI is InChI=1S/C20H28N2O7S/c1-14(2)12-29-20(26)17-9-6-10-22(17)19(25)16(11-18(23)24)21-30(27,28)13-15-7-4-3-5-8-15/h3-5,7-8,14,16-17,21H,6,9-13H2,1-2H3,(H,23,24)/t16-,17+/m1/s1. The van der Waals surface area contributed by atoms with Gasteiger partial charge >= 0.3 is 11.9 Å². The molecule has 0 saturated carbocycles. The van der Waals surface area contributed by atoms with Crippen LogP contribution in [0.4, 0.5) is 0 Å². The number of carbonyl (C=O) groups is 3. The van der Waals surface area contributed by atoms with Gasteiger partial charge in [-0.05, 0) is 24.3 Å². The van der Waals surface area contributed by atoms with Crippen LogP contribution in [-0.4, -0.2) is 61.5 Å². The molecule has 1 aromatic carbocycles. The van der Waals surface area contributed by atoms with Crippen molar-refractivity contribution in [2.45, 2.75) is 50.9 Å². The number of carbonyl (C=O) groups excluding carboxylic acids is 2. The van der Waals surface area contributed by atoms with Crippen LogP contribution in [0, 0.1) is 5.92 Å². The molecule has 166 valence electrons. The van der Waals surface area contributed by atoms with Crippen LogP contribution in [-0.2, 0) is 34.9 Å². The van der Waals surface area contributed by atoms with Crippen LogP contribution < -0.4 is 4.72 Å². The molecule has 10 heteroatoms. The molecule has 1 aliphatic heterocycles. The number of amides is 1. The van der Waals surface area contributed by atoms with Crippen molar-refractivity contribution in [2.24, 2.45) is 5.92 Å². The number of aliphatic carboxylic acids is 1. The van der Waals surface area contributed by atoms with Crippen molar-refractivity contribution < 1.29 is 32.6 Å². The number of likely N-dealkylation sites (tertiary alicyclic amines) is 1. The fourth-order valence-corrected chi connectivity index (χ4v) is 4.56. The first kappa shape index (κ1) is 23.8. The van der Waals surface area contributed by atoms with Gasteiger partial charge in [-0.25, -0.2) is 17.9 Å². The third kappa shape index (κ3) is 7.10. The molecule has 0 bridgehead atoms. The molecule has 0 radical (unpaired) electrons. The largest absolute Gasteiger partial charge is 0.481 e. The number of rotatable bonds is 10. The Morgan fingerprint density at radius 1 is 1.23 bits per heavy atom. The van der Waals surface area contributed by atoms with Crippen molar-refractivity contribution >= 4 is 27.9 Å². The Morgan fingerprint density at radius 3 is 2.50 bits per heavy atom. The lowest BCUT2D eigenvalue weighted by atomic mass is 10.1. The number of hydrogen-bond acceptors (Lipinski definition) is 6. The van der Waals surface area contributed by atoms with Crippen LogP contribution in [0.1, 0.15) is 38.7 Å². The van der Waals surface area contributed by atoms with Gasteiger partial charge in [0.2, 0.25) is 15.9 Å². The molecule has 0 aromatic heterocycles. The van der Waals surface area contributed by atoms with Gasteiger partial charge in [0.1, 0.15) is 12.1 Å². The third-order valence-corrected chi connectivity index (χ3v) is 5.92. The summed E-state index contributed by atoms with van der Waals surface area (Å²) < 4.78 is 32.5. The third-order valence-electron chi connectivity index (χ3n) is 4.57. The normalized spacial score (nSPS) is 17.7. The van der Waals surface area contributed by atoms with Gasteiger partial charge in [-0.15, -0.1) is 0 Å². The zero-order valence-corrected chi connectivity index (χ0v) is 17.9. The predicted octanol–water partition coefficient (Wildman–Crippen LogP) is 1.14. The van der Waals surface area contributed by atoms with Gasteiger partial charge in [0.15, 0.2) is 0 Å². The summed E-state index contributed by atoms with van der Waals surface area (Å²) in [6.45, 7) is 4.21. The van der Waals surface area contributed by atoms with E-state index in [-0.39, 0.29) is 19.1 Å². The second-order valence-electron chi connectivity index (χ2n) is 7.73. The van der Waals surface area contributed by atoms with E-state index >= 15 is 0 Å². The summed E-state index contributed by atoms with van der Waals surface area (Å²) in [5.41, 5.74) is 0.503. The van der Waals surface area contributed by atoms with Gasteiger partial charge in [-0.1, -0.05) is 44.2 Å². The van der Waals surface area contributed by atoms with E-state index < -0.39 is 52.1 Å². The van der Waals surface area contributed by atoms with E-state index in [1.807, 2.05) is 13.8 Å².